The Morgan fingerprint density at radius 2 is 2.21 bits per heavy atom. The summed E-state index contributed by atoms with van der Waals surface area (Å²) in [5.74, 6) is 7.40. The number of nitrogens with two attached hydrogens (primary N) is 1. The molecule has 0 aliphatic heterocycles. The van der Waals surface area contributed by atoms with E-state index in [9.17, 15) is 0 Å². The fourth-order valence-corrected chi connectivity index (χ4v) is 3.62. The van der Waals surface area contributed by atoms with Crippen molar-refractivity contribution in [1.82, 2.24) is 5.43 Å². The van der Waals surface area contributed by atoms with Crippen molar-refractivity contribution in [3.8, 4) is 0 Å². The third kappa shape index (κ3) is 3.59. The Morgan fingerprint density at radius 3 is 2.84 bits per heavy atom. The zero-order valence-corrected chi connectivity index (χ0v) is 13.5. The number of hydrogen-bond acceptors (Lipinski definition) is 2. The predicted molar refractivity (Wildman–Crippen MR) is 84.7 cm³/mol. The number of halogens is 1. The largest absolute Gasteiger partial charge is 0.271 e. The maximum Gasteiger partial charge on any atom is 0.0488 e. The topological polar surface area (TPSA) is 38.0 Å². The lowest BCUT2D eigenvalue weighted by molar-refractivity contribution is 0.210. The highest BCUT2D eigenvalue weighted by Gasteiger charge is 2.28. The van der Waals surface area contributed by atoms with E-state index in [1.54, 1.807) is 0 Å². The first-order chi connectivity index (χ1) is 9.15. The lowest BCUT2D eigenvalue weighted by Crippen LogP contribution is -2.35. The predicted octanol–water partition coefficient (Wildman–Crippen LogP) is 4.48. The summed E-state index contributed by atoms with van der Waals surface area (Å²) in [6.07, 6.45) is 6.63. The van der Waals surface area contributed by atoms with Crippen molar-refractivity contribution >= 4 is 15.9 Å². The molecular weight excluding hydrogens is 300 g/mol. The van der Waals surface area contributed by atoms with Gasteiger partial charge < -0.3 is 0 Å². The second-order valence-corrected chi connectivity index (χ2v) is 6.71. The molecule has 0 heterocycles. The van der Waals surface area contributed by atoms with E-state index in [0.717, 1.165) is 5.92 Å². The van der Waals surface area contributed by atoms with Crippen LogP contribution in [0.2, 0.25) is 0 Å². The zero-order valence-electron chi connectivity index (χ0n) is 12.0. The van der Waals surface area contributed by atoms with Gasteiger partial charge in [-0.15, -0.1) is 0 Å². The van der Waals surface area contributed by atoms with Gasteiger partial charge in [0.15, 0.2) is 0 Å². The molecular formula is C16H25BrN2. The first-order valence-corrected chi connectivity index (χ1v) is 8.17. The van der Waals surface area contributed by atoms with Gasteiger partial charge >= 0.3 is 0 Å². The number of nitrogens with one attached hydrogen (secondary N) is 1. The average Bonchev–Trinajstić information content (AvgIpc) is 2.44. The molecule has 1 fully saturated rings. The molecule has 2 rings (SSSR count). The van der Waals surface area contributed by atoms with E-state index in [0.29, 0.717) is 12.0 Å². The molecule has 1 aromatic rings. The Labute approximate surface area is 125 Å². The van der Waals surface area contributed by atoms with Crippen LogP contribution in [-0.2, 0) is 0 Å². The fourth-order valence-electron chi connectivity index (χ4n) is 3.37. The van der Waals surface area contributed by atoms with Crippen LogP contribution in [0.4, 0.5) is 0 Å². The average molecular weight is 325 g/mol. The van der Waals surface area contributed by atoms with E-state index in [1.165, 1.54) is 47.7 Å². The smallest absolute Gasteiger partial charge is 0.0488 e. The number of aryl methyl sites for hydroxylation is 1. The zero-order chi connectivity index (χ0) is 13.8. The van der Waals surface area contributed by atoms with Gasteiger partial charge in [-0.25, -0.2) is 0 Å². The molecule has 1 aromatic carbocycles. The first-order valence-electron chi connectivity index (χ1n) is 7.37. The number of hydrazine groups is 1. The van der Waals surface area contributed by atoms with Crippen LogP contribution in [0.1, 0.15) is 56.2 Å². The Morgan fingerprint density at radius 1 is 1.42 bits per heavy atom. The van der Waals surface area contributed by atoms with Gasteiger partial charge in [-0.1, -0.05) is 54.2 Å². The molecule has 0 radical (unpaired) electrons. The van der Waals surface area contributed by atoms with Crippen LogP contribution >= 0.6 is 15.9 Å². The molecule has 0 bridgehead atoms. The Kier molecular flexibility index (Phi) is 5.43. The normalized spacial score (nSPS) is 25.3. The van der Waals surface area contributed by atoms with Gasteiger partial charge in [-0.3, -0.25) is 11.3 Å². The van der Waals surface area contributed by atoms with Gasteiger partial charge in [-0.2, -0.15) is 0 Å². The summed E-state index contributed by atoms with van der Waals surface area (Å²) in [5.41, 5.74) is 5.67. The summed E-state index contributed by atoms with van der Waals surface area (Å²) >= 11 is 3.57. The highest BCUT2D eigenvalue weighted by molar-refractivity contribution is 9.10. The highest BCUT2D eigenvalue weighted by atomic mass is 79.9. The molecule has 1 aliphatic rings. The maximum atomic E-state index is 5.85. The fraction of sp³-hybridized carbons (Fsp3) is 0.625. The van der Waals surface area contributed by atoms with Crippen molar-refractivity contribution in [2.75, 3.05) is 0 Å². The van der Waals surface area contributed by atoms with Gasteiger partial charge in [0.25, 0.3) is 0 Å². The highest BCUT2D eigenvalue weighted by Crippen LogP contribution is 2.38. The summed E-state index contributed by atoms with van der Waals surface area (Å²) in [4.78, 5) is 0. The van der Waals surface area contributed by atoms with Gasteiger partial charge in [-0.05, 0) is 48.8 Å². The number of hydrogen-bond donors (Lipinski definition) is 2. The van der Waals surface area contributed by atoms with Gasteiger partial charge in [0.2, 0.25) is 0 Å². The van der Waals surface area contributed by atoms with Crippen LogP contribution in [0, 0.1) is 18.8 Å². The molecule has 106 valence electrons. The van der Waals surface area contributed by atoms with Crippen molar-refractivity contribution < 1.29 is 0 Å². The molecule has 3 heteroatoms. The SMILES string of the molecule is CCC1CCCC(C(NN)c2ccc(Br)c(C)c2)C1. The Bertz CT molecular complexity index is 419. The summed E-state index contributed by atoms with van der Waals surface area (Å²) in [6, 6.07) is 6.87. The molecule has 1 aliphatic carbocycles. The van der Waals surface area contributed by atoms with E-state index in [-0.39, 0.29) is 0 Å². The Balaban J connectivity index is 2.16. The minimum atomic E-state index is 0.293. The van der Waals surface area contributed by atoms with Crippen LogP contribution in [-0.4, -0.2) is 0 Å². The standard InChI is InChI=1S/C16H25BrN2/c1-3-12-5-4-6-13(10-12)16(19-18)14-7-8-15(17)11(2)9-14/h7-9,12-13,16,19H,3-6,10,18H2,1-2H3. The summed E-state index contributed by atoms with van der Waals surface area (Å²) < 4.78 is 1.17. The van der Waals surface area contributed by atoms with Crippen molar-refractivity contribution in [2.24, 2.45) is 17.7 Å². The van der Waals surface area contributed by atoms with Crippen LogP contribution in [0.25, 0.3) is 0 Å². The lowest BCUT2D eigenvalue weighted by atomic mass is 9.75. The molecule has 0 spiro atoms. The third-order valence-electron chi connectivity index (χ3n) is 4.59. The molecule has 3 atom stereocenters. The van der Waals surface area contributed by atoms with Crippen molar-refractivity contribution in [3.05, 3.63) is 33.8 Å². The second-order valence-electron chi connectivity index (χ2n) is 5.85. The molecule has 3 unspecified atom stereocenters. The van der Waals surface area contributed by atoms with E-state index in [4.69, 9.17) is 5.84 Å². The Hall–Kier alpha value is -0.380. The maximum absolute atomic E-state index is 5.85. The van der Waals surface area contributed by atoms with Crippen LogP contribution in [0.15, 0.2) is 22.7 Å². The van der Waals surface area contributed by atoms with E-state index < -0.39 is 0 Å². The minimum Gasteiger partial charge on any atom is -0.271 e. The monoisotopic (exact) mass is 324 g/mol. The van der Waals surface area contributed by atoms with E-state index >= 15 is 0 Å². The lowest BCUT2D eigenvalue weighted by Gasteiger charge is -2.34. The molecule has 0 saturated heterocycles. The van der Waals surface area contributed by atoms with Crippen LogP contribution < -0.4 is 11.3 Å². The molecule has 0 aromatic heterocycles. The van der Waals surface area contributed by atoms with Gasteiger partial charge in [0.05, 0.1) is 0 Å². The molecule has 3 N–H and O–H groups in total. The summed E-state index contributed by atoms with van der Waals surface area (Å²) in [7, 11) is 0. The molecule has 1 saturated carbocycles. The third-order valence-corrected chi connectivity index (χ3v) is 5.48. The number of rotatable bonds is 4. The van der Waals surface area contributed by atoms with Crippen molar-refractivity contribution in [3.63, 3.8) is 0 Å². The van der Waals surface area contributed by atoms with E-state index in [1.807, 2.05) is 0 Å². The molecule has 19 heavy (non-hydrogen) atoms. The molecule has 2 nitrogen and oxygen atoms in total. The van der Waals surface area contributed by atoms with Crippen molar-refractivity contribution in [1.29, 1.82) is 0 Å². The minimum absolute atomic E-state index is 0.293. The first kappa shape index (κ1) is 15.0. The number of benzene rings is 1. The van der Waals surface area contributed by atoms with Gasteiger partial charge in [0, 0.05) is 10.5 Å². The summed E-state index contributed by atoms with van der Waals surface area (Å²) in [6.45, 7) is 4.44. The van der Waals surface area contributed by atoms with Crippen LogP contribution in [0.5, 0.6) is 0 Å². The van der Waals surface area contributed by atoms with Crippen LogP contribution in [0.3, 0.4) is 0 Å². The second kappa shape index (κ2) is 6.87. The van der Waals surface area contributed by atoms with E-state index in [2.05, 4.69) is 53.4 Å². The quantitative estimate of drug-likeness (QED) is 0.633. The van der Waals surface area contributed by atoms with Crippen molar-refractivity contribution in [2.45, 2.75) is 52.0 Å². The molecule has 0 amide bonds. The summed E-state index contributed by atoms with van der Waals surface area (Å²) in [5, 5.41) is 0. The van der Waals surface area contributed by atoms with Gasteiger partial charge in [0.1, 0.15) is 0 Å².